The van der Waals surface area contributed by atoms with Gasteiger partial charge in [0.15, 0.2) is 0 Å². The molecule has 0 aliphatic heterocycles. The molecule has 0 heterocycles. The molecule has 0 N–H and O–H groups in total. The van der Waals surface area contributed by atoms with E-state index in [0.29, 0.717) is 6.33 Å². The lowest BCUT2D eigenvalue weighted by atomic mass is 9.68. The Kier molecular flexibility index (Phi) is 9.31. The van der Waals surface area contributed by atoms with Gasteiger partial charge in [0.05, 0.1) is 6.33 Å². The number of allylic oxidation sites excluding steroid dienone is 1. The fraction of sp³-hybridized carbons (Fsp3) is 0.909. The van der Waals surface area contributed by atoms with Gasteiger partial charge in [-0.2, -0.15) is 0 Å². The largest absolute Gasteiger partial charge is 0.216 e. The van der Waals surface area contributed by atoms with Crippen LogP contribution in [-0.4, -0.2) is 0 Å². The van der Waals surface area contributed by atoms with Crippen LogP contribution in [0.15, 0.2) is 12.4 Å². The molecule has 0 bridgehead atoms. The van der Waals surface area contributed by atoms with Gasteiger partial charge in [-0.1, -0.05) is 70.8 Å². The topological polar surface area (TPSA) is 0 Å². The second kappa shape index (κ2) is 11.3. The van der Waals surface area contributed by atoms with Crippen molar-refractivity contribution in [3.8, 4) is 0 Å². The Morgan fingerprint density at radius 2 is 1.30 bits per heavy atom. The van der Waals surface area contributed by atoms with Gasteiger partial charge in [-0.3, -0.25) is 0 Å². The minimum Gasteiger partial charge on any atom is -0.216 e. The summed E-state index contributed by atoms with van der Waals surface area (Å²) in [7, 11) is 0. The third-order valence-corrected chi connectivity index (χ3v) is 6.75. The summed E-state index contributed by atoms with van der Waals surface area (Å²) in [5.74, 6) is 3.97. The van der Waals surface area contributed by atoms with Crippen molar-refractivity contribution in [3.63, 3.8) is 0 Å². The third kappa shape index (κ3) is 6.98. The van der Waals surface area contributed by atoms with Gasteiger partial charge in [-0.25, -0.2) is 4.39 Å². The van der Waals surface area contributed by atoms with E-state index < -0.39 is 0 Å². The lowest BCUT2D eigenvalue weighted by Crippen LogP contribution is -2.25. The fourth-order valence-corrected chi connectivity index (χ4v) is 5.15. The Balaban J connectivity index is 1.57. The third-order valence-electron chi connectivity index (χ3n) is 6.75. The van der Waals surface area contributed by atoms with Crippen LogP contribution in [0.25, 0.3) is 0 Å². The molecule has 2 aliphatic carbocycles. The van der Waals surface area contributed by atoms with Crippen molar-refractivity contribution in [2.45, 2.75) is 103 Å². The number of halogens is 1. The monoisotopic (exact) mass is 322 g/mol. The molecule has 0 amide bonds. The number of hydrogen-bond acceptors (Lipinski definition) is 0. The molecule has 0 aromatic rings. The van der Waals surface area contributed by atoms with Crippen LogP contribution < -0.4 is 0 Å². The van der Waals surface area contributed by atoms with E-state index in [0.717, 1.165) is 30.1 Å². The number of rotatable bonds is 9. The highest BCUT2D eigenvalue weighted by atomic mass is 19.1. The maximum Gasteiger partial charge on any atom is 0.0827 e. The van der Waals surface area contributed by atoms with E-state index in [1.165, 1.54) is 89.9 Å². The van der Waals surface area contributed by atoms with Gasteiger partial charge in [-0.15, -0.1) is 0 Å². The van der Waals surface area contributed by atoms with Crippen LogP contribution in [0.4, 0.5) is 4.39 Å². The molecule has 0 saturated heterocycles. The highest BCUT2D eigenvalue weighted by Crippen LogP contribution is 2.43. The standard InChI is InChI=1S/C22H39F/c1-2-3-4-5-8-19-10-14-21(15-11-19)22-16-12-20(13-17-22)9-6-7-18-23/h7,18-22H,2-6,8-17H2,1H3/b18-7+. The molecular weight excluding hydrogens is 283 g/mol. The van der Waals surface area contributed by atoms with Crippen molar-refractivity contribution in [2.24, 2.45) is 23.7 Å². The normalized spacial score (nSPS) is 32.4. The smallest absolute Gasteiger partial charge is 0.0827 e. The summed E-state index contributed by atoms with van der Waals surface area (Å²) < 4.78 is 12.0. The van der Waals surface area contributed by atoms with Crippen molar-refractivity contribution < 1.29 is 4.39 Å². The molecule has 0 aromatic heterocycles. The predicted molar refractivity (Wildman–Crippen MR) is 99.1 cm³/mol. The number of unbranched alkanes of at least 4 members (excludes halogenated alkanes) is 3. The van der Waals surface area contributed by atoms with Crippen LogP contribution >= 0.6 is 0 Å². The Morgan fingerprint density at radius 3 is 1.83 bits per heavy atom. The summed E-state index contributed by atoms with van der Waals surface area (Å²) in [5, 5.41) is 0. The molecular formula is C22H39F. The summed E-state index contributed by atoms with van der Waals surface area (Å²) in [5.41, 5.74) is 0. The Morgan fingerprint density at radius 1 is 0.739 bits per heavy atom. The van der Waals surface area contributed by atoms with Crippen LogP contribution in [0.5, 0.6) is 0 Å². The molecule has 23 heavy (non-hydrogen) atoms. The van der Waals surface area contributed by atoms with E-state index in [9.17, 15) is 4.39 Å². The molecule has 0 spiro atoms. The average molecular weight is 323 g/mol. The van der Waals surface area contributed by atoms with E-state index in [-0.39, 0.29) is 0 Å². The van der Waals surface area contributed by atoms with Crippen molar-refractivity contribution >= 4 is 0 Å². The van der Waals surface area contributed by atoms with E-state index >= 15 is 0 Å². The first-order valence-electron chi connectivity index (χ1n) is 10.6. The molecule has 2 saturated carbocycles. The van der Waals surface area contributed by atoms with E-state index in [1.54, 1.807) is 6.08 Å². The molecule has 1 heteroatoms. The molecule has 0 atom stereocenters. The summed E-state index contributed by atoms with van der Waals surface area (Å²) >= 11 is 0. The van der Waals surface area contributed by atoms with E-state index in [1.807, 2.05) is 0 Å². The Labute approximate surface area is 144 Å². The summed E-state index contributed by atoms with van der Waals surface area (Å²) in [4.78, 5) is 0. The Hall–Kier alpha value is -0.330. The van der Waals surface area contributed by atoms with Gasteiger partial charge in [0.1, 0.15) is 0 Å². The van der Waals surface area contributed by atoms with E-state index in [4.69, 9.17) is 0 Å². The number of hydrogen-bond donors (Lipinski definition) is 0. The lowest BCUT2D eigenvalue weighted by molar-refractivity contribution is 0.140. The van der Waals surface area contributed by atoms with Gasteiger partial charge < -0.3 is 0 Å². The molecule has 0 radical (unpaired) electrons. The van der Waals surface area contributed by atoms with Gasteiger partial charge in [0.25, 0.3) is 0 Å². The van der Waals surface area contributed by atoms with Crippen LogP contribution in [-0.2, 0) is 0 Å². The zero-order chi connectivity index (χ0) is 16.3. The molecule has 2 aliphatic rings. The van der Waals surface area contributed by atoms with Crippen LogP contribution in [0, 0.1) is 23.7 Å². The highest BCUT2D eigenvalue weighted by molar-refractivity contribution is 4.83. The van der Waals surface area contributed by atoms with Gasteiger partial charge in [0, 0.05) is 0 Å². The molecule has 0 nitrogen and oxygen atoms in total. The first kappa shape index (κ1) is 19.0. The fourth-order valence-electron chi connectivity index (χ4n) is 5.15. The van der Waals surface area contributed by atoms with Crippen molar-refractivity contribution in [1.29, 1.82) is 0 Å². The molecule has 2 rings (SSSR count). The predicted octanol–water partition coefficient (Wildman–Crippen LogP) is 7.83. The molecule has 0 aromatic carbocycles. The highest BCUT2D eigenvalue weighted by Gasteiger charge is 2.30. The van der Waals surface area contributed by atoms with Crippen molar-refractivity contribution in [3.05, 3.63) is 12.4 Å². The summed E-state index contributed by atoms with van der Waals surface area (Å²) in [6, 6.07) is 0. The van der Waals surface area contributed by atoms with Gasteiger partial charge >= 0.3 is 0 Å². The second-order valence-corrected chi connectivity index (χ2v) is 8.35. The summed E-state index contributed by atoms with van der Waals surface area (Å²) in [6.45, 7) is 2.30. The van der Waals surface area contributed by atoms with Crippen LogP contribution in [0.2, 0.25) is 0 Å². The van der Waals surface area contributed by atoms with E-state index in [2.05, 4.69) is 6.92 Å². The minimum absolute atomic E-state index is 0.715. The molecule has 2 fully saturated rings. The second-order valence-electron chi connectivity index (χ2n) is 8.35. The van der Waals surface area contributed by atoms with Crippen LogP contribution in [0.3, 0.4) is 0 Å². The maximum absolute atomic E-state index is 12.0. The maximum atomic E-state index is 12.0. The SMILES string of the molecule is CCCCCCC1CCC(C2CCC(CC/C=C/F)CC2)CC1. The van der Waals surface area contributed by atoms with Crippen molar-refractivity contribution in [1.82, 2.24) is 0 Å². The Bertz CT molecular complexity index is 306. The van der Waals surface area contributed by atoms with Crippen LogP contribution in [0.1, 0.15) is 103 Å². The summed E-state index contributed by atoms with van der Waals surface area (Å²) in [6.07, 6.45) is 23.5. The minimum atomic E-state index is 0.715. The first-order valence-corrected chi connectivity index (χ1v) is 10.6. The quantitative estimate of drug-likeness (QED) is 0.379. The molecule has 0 unspecified atom stereocenters. The van der Waals surface area contributed by atoms with Gasteiger partial charge in [0.2, 0.25) is 0 Å². The lowest BCUT2D eigenvalue weighted by Gasteiger charge is -2.38. The zero-order valence-corrected chi connectivity index (χ0v) is 15.4. The zero-order valence-electron chi connectivity index (χ0n) is 15.4. The first-order chi connectivity index (χ1) is 11.3. The molecule has 134 valence electrons. The van der Waals surface area contributed by atoms with Crippen molar-refractivity contribution in [2.75, 3.05) is 0 Å². The van der Waals surface area contributed by atoms with Gasteiger partial charge in [-0.05, 0) is 62.2 Å². The average Bonchev–Trinajstić information content (AvgIpc) is 2.60.